The molecule has 1 unspecified atom stereocenters. The van der Waals surface area contributed by atoms with Crippen molar-refractivity contribution < 1.29 is 9.53 Å². The third-order valence-electron chi connectivity index (χ3n) is 2.96. The first kappa shape index (κ1) is 14.6. The Kier molecular flexibility index (Phi) is 4.94. The van der Waals surface area contributed by atoms with Crippen LogP contribution in [0.15, 0.2) is 54.6 Å². The van der Waals surface area contributed by atoms with Crippen LogP contribution < -0.4 is 10.1 Å². The number of nitriles is 1. The van der Waals surface area contributed by atoms with Crippen molar-refractivity contribution in [2.45, 2.75) is 12.8 Å². The Hall–Kier alpha value is -2.80. The molecule has 0 radical (unpaired) electrons. The van der Waals surface area contributed by atoms with Gasteiger partial charge in [0.2, 0.25) is 5.91 Å². The summed E-state index contributed by atoms with van der Waals surface area (Å²) >= 11 is 0. The highest BCUT2D eigenvalue weighted by Crippen LogP contribution is 2.19. The summed E-state index contributed by atoms with van der Waals surface area (Å²) in [6, 6.07) is 18.1. The molecule has 2 aromatic rings. The summed E-state index contributed by atoms with van der Waals surface area (Å²) in [4.78, 5) is 12.2. The number of amides is 1. The van der Waals surface area contributed by atoms with Gasteiger partial charge in [-0.05, 0) is 36.8 Å². The van der Waals surface area contributed by atoms with Gasteiger partial charge in [-0.15, -0.1) is 0 Å². The van der Waals surface area contributed by atoms with E-state index in [4.69, 9.17) is 4.74 Å². The van der Waals surface area contributed by atoms with Gasteiger partial charge >= 0.3 is 0 Å². The summed E-state index contributed by atoms with van der Waals surface area (Å²) < 4.78 is 5.34. The molecule has 0 spiro atoms. The molecule has 0 heterocycles. The normalized spacial score (nSPS) is 11.2. The van der Waals surface area contributed by atoms with Gasteiger partial charge in [0.15, 0.2) is 5.92 Å². The molecule has 0 fully saturated rings. The molecule has 1 amide bonds. The zero-order valence-corrected chi connectivity index (χ0v) is 11.7. The maximum Gasteiger partial charge on any atom is 0.246 e. The number of hydrogen-bond acceptors (Lipinski definition) is 3. The topological polar surface area (TPSA) is 62.1 Å². The molecule has 106 valence electrons. The van der Waals surface area contributed by atoms with Crippen LogP contribution >= 0.6 is 0 Å². The van der Waals surface area contributed by atoms with Gasteiger partial charge in [-0.3, -0.25) is 4.79 Å². The molecule has 2 rings (SSSR count). The Bertz CT molecular complexity index is 630. The van der Waals surface area contributed by atoms with Crippen molar-refractivity contribution in [3.63, 3.8) is 0 Å². The van der Waals surface area contributed by atoms with E-state index in [1.165, 1.54) is 0 Å². The van der Waals surface area contributed by atoms with Crippen molar-refractivity contribution in [2.24, 2.45) is 0 Å². The Labute approximate surface area is 124 Å². The van der Waals surface area contributed by atoms with Crippen molar-refractivity contribution in [3.05, 3.63) is 60.2 Å². The molecule has 0 saturated carbocycles. The third kappa shape index (κ3) is 3.83. The first-order valence-corrected chi connectivity index (χ1v) is 6.73. The van der Waals surface area contributed by atoms with Crippen molar-refractivity contribution in [2.75, 3.05) is 11.9 Å². The van der Waals surface area contributed by atoms with Crippen LogP contribution in [0.4, 0.5) is 5.69 Å². The van der Waals surface area contributed by atoms with E-state index < -0.39 is 5.92 Å². The second-order valence-corrected chi connectivity index (χ2v) is 4.42. The van der Waals surface area contributed by atoms with Crippen molar-refractivity contribution >= 4 is 11.6 Å². The lowest BCUT2D eigenvalue weighted by atomic mass is 10.00. The van der Waals surface area contributed by atoms with Crippen molar-refractivity contribution in [1.29, 1.82) is 5.26 Å². The number of carbonyl (C=O) groups excluding carboxylic acids is 1. The average Bonchev–Trinajstić information content (AvgIpc) is 2.51. The lowest BCUT2D eigenvalue weighted by Gasteiger charge is -2.11. The minimum atomic E-state index is -0.822. The fraction of sp³-hybridized carbons (Fsp3) is 0.176. The predicted octanol–water partition coefficient (Wildman–Crippen LogP) is 3.33. The number of anilines is 1. The molecule has 4 heteroatoms. The predicted molar refractivity (Wildman–Crippen MR) is 81.0 cm³/mol. The van der Waals surface area contributed by atoms with Crippen LogP contribution in [-0.4, -0.2) is 12.5 Å². The van der Waals surface area contributed by atoms with Gasteiger partial charge in [0.05, 0.1) is 12.7 Å². The molecule has 0 aliphatic carbocycles. The van der Waals surface area contributed by atoms with Gasteiger partial charge < -0.3 is 10.1 Å². The van der Waals surface area contributed by atoms with E-state index in [0.29, 0.717) is 17.9 Å². The van der Waals surface area contributed by atoms with Gasteiger partial charge in [-0.2, -0.15) is 5.26 Å². The van der Waals surface area contributed by atoms with E-state index in [9.17, 15) is 10.1 Å². The van der Waals surface area contributed by atoms with Crippen LogP contribution in [0.25, 0.3) is 0 Å². The highest BCUT2D eigenvalue weighted by molar-refractivity contribution is 5.97. The van der Waals surface area contributed by atoms with E-state index >= 15 is 0 Å². The van der Waals surface area contributed by atoms with E-state index in [1.54, 1.807) is 36.4 Å². The lowest BCUT2D eigenvalue weighted by Crippen LogP contribution is -2.19. The Morgan fingerprint density at radius 3 is 2.43 bits per heavy atom. The number of ether oxygens (including phenoxy) is 1. The van der Waals surface area contributed by atoms with Crippen molar-refractivity contribution in [3.8, 4) is 11.8 Å². The smallest absolute Gasteiger partial charge is 0.246 e. The van der Waals surface area contributed by atoms with Crippen LogP contribution in [0.3, 0.4) is 0 Å². The average molecular weight is 280 g/mol. The third-order valence-corrected chi connectivity index (χ3v) is 2.96. The Morgan fingerprint density at radius 1 is 1.19 bits per heavy atom. The summed E-state index contributed by atoms with van der Waals surface area (Å²) in [7, 11) is 0. The zero-order valence-electron chi connectivity index (χ0n) is 11.7. The summed E-state index contributed by atoms with van der Waals surface area (Å²) in [5.74, 6) is -0.416. The standard InChI is InChI=1S/C17H16N2O2/c1-2-21-15-10-8-14(9-11-15)19-17(20)16(12-18)13-6-4-3-5-7-13/h3-11,16H,2H2,1H3,(H,19,20). The number of carbonyl (C=O) groups is 1. The Balaban J connectivity index is 2.08. The number of nitrogens with zero attached hydrogens (tertiary/aromatic N) is 1. The van der Waals surface area contributed by atoms with Gasteiger partial charge in [0.25, 0.3) is 0 Å². The van der Waals surface area contributed by atoms with Crippen LogP contribution in [-0.2, 0) is 4.79 Å². The summed E-state index contributed by atoms with van der Waals surface area (Å²) in [5.41, 5.74) is 1.32. The molecule has 2 aromatic carbocycles. The van der Waals surface area contributed by atoms with Gasteiger partial charge in [0.1, 0.15) is 5.75 Å². The molecule has 0 aliphatic rings. The van der Waals surface area contributed by atoms with E-state index in [2.05, 4.69) is 5.32 Å². The minimum Gasteiger partial charge on any atom is -0.494 e. The lowest BCUT2D eigenvalue weighted by molar-refractivity contribution is -0.116. The molecule has 21 heavy (non-hydrogen) atoms. The highest BCUT2D eigenvalue weighted by atomic mass is 16.5. The first-order valence-electron chi connectivity index (χ1n) is 6.73. The summed E-state index contributed by atoms with van der Waals surface area (Å²) in [6.45, 7) is 2.50. The maximum atomic E-state index is 12.2. The van der Waals surface area contributed by atoms with E-state index in [-0.39, 0.29) is 5.91 Å². The minimum absolute atomic E-state index is 0.340. The largest absolute Gasteiger partial charge is 0.494 e. The molecular formula is C17H16N2O2. The van der Waals surface area contributed by atoms with Crippen molar-refractivity contribution in [1.82, 2.24) is 0 Å². The second kappa shape index (κ2) is 7.11. The van der Waals surface area contributed by atoms with Gasteiger partial charge in [-0.1, -0.05) is 30.3 Å². The summed E-state index contributed by atoms with van der Waals surface area (Å²) in [5, 5.41) is 12.0. The molecule has 1 atom stereocenters. The van der Waals surface area contributed by atoms with Crippen LogP contribution in [0, 0.1) is 11.3 Å². The highest BCUT2D eigenvalue weighted by Gasteiger charge is 2.19. The fourth-order valence-corrected chi connectivity index (χ4v) is 1.95. The molecule has 0 bridgehead atoms. The zero-order chi connectivity index (χ0) is 15.1. The van der Waals surface area contributed by atoms with Crippen LogP contribution in [0.5, 0.6) is 5.75 Å². The van der Waals surface area contributed by atoms with Gasteiger partial charge in [-0.25, -0.2) is 0 Å². The molecule has 1 N–H and O–H groups in total. The summed E-state index contributed by atoms with van der Waals surface area (Å²) in [6.07, 6.45) is 0. The molecule has 0 saturated heterocycles. The van der Waals surface area contributed by atoms with E-state index in [1.807, 2.05) is 31.2 Å². The molecule has 0 aromatic heterocycles. The molecule has 4 nitrogen and oxygen atoms in total. The van der Waals surface area contributed by atoms with Crippen LogP contribution in [0.1, 0.15) is 18.4 Å². The number of rotatable bonds is 5. The fourth-order valence-electron chi connectivity index (χ4n) is 1.95. The van der Waals surface area contributed by atoms with Gasteiger partial charge in [0, 0.05) is 5.69 Å². The quantitative estimate of drug-likeness (QED) is 0.913. The van der Waals surface area contributed by atoms with Crippen LogP contribution in [0.2, 0.25) is 0 Å². The maximum absolute atomic E-state index is 12.2. The molecule has 0 aliphatic heterocycles. The molecular weight excluding hydrogens is 264 g/mol. The second-order valence-electron chi connectivity index (χ2n) is 4.42. The number of benzene rings is 2. The monoisotopic (exact) mass is 280 g/mol. The number of hydrogen-bond donors (Lipinski definition) is 1. The first-order chi connectivity index (χ1) is 10.2. The SMILES string of the molecule is CCOc1ccc(NC(=O)C(C#N)c2ccccc2)cc1. The number of nitrogens with one attached hydrogen (secondary N) is 1. The van der Waals surface area contributed by atoms with E-state index in [0.717, 1.165) is 5.75 Å². The Morgan fingerprint density at radius 2 is 1.86 bits per heavy atom.